The number of fused-ring (bicyclic) bond motifs is 1. The molecule has 28 heavy (non-hydrogen) atoms. The van der Waals surface area contributed by atoms with E-state index >= 15 is 0 Å². The maximum atomic E-state index is 12.5. The molecule has 0 saturated carbocycles. The Balaban J connectivity index is 1.59. The summed E-state index contributed by atoms with van der Waals surface area (Å²) in [7, 11) is 0. The van der Waals surface area contributed by atoms with Crippen molar-refractivity contribution in [2.75, 3.05) is 6.61 Å². The molecule has 146 valence electrons. The molecule has 0 radical (unpaired) electrons. The second-order valence-corrected chi connectivity index (χ2v) is 7.82. The van der Waals surface area contributed by atoms with Crippen molar-refractivity contribution in [2.45, 2.75) is 26.8 Å². The lowest BCUT2D eigenvalue weighted by Gasteiger charge is -2.19. The number of thiocarbonyl (C=S) groups is 1. The molecule has 0 fully saturated rings. The Kier molecular flexibility index (Phi) is 6.47. The molecule has 0 aliphatic heterocycles. The topological polar surface area (TPSA) is 57.2 Å². The minimum atomic E-state index is 0.00882. The van der Waals surface area contributed by atoms with Gasteiger partial charge in [0.05, 0.1) is 11.5 Å². The zero-order valence-corrected chi connectivity index (χ0v) is 17.1. The first-order valence-electron chi connectivity index (χ1n) is 9.55. The molecule has 1 unspecified atom stereocenters. The number of pyridine rings is 1. The van der Waals surface area contributed by atoms with Crippen molar-refractivity contribution >= 4 is 28.0 Å². The van der Waals surface area contributed by atoms with E-state index in [1.165, 1.54) is 5.56 Å². The predicted molar refractivity (Wildman–Crippen MR) is 119 cm³/mol. The second-order valence-electron chi connectivity index (χ2n) is 7.35. The smallest absolute Gasteiger partial charge is 0.258 e. The van der Waals surface area contributed by atoms with Crippen molar-refractivity contribution < 1.29 is 4.74 Å². The molecule has 4 nitrogen and oxygen atoms in total. The fraction of sp³-hybridized carbons (Fsp3) is 0.304. The highest BCUT2D eigenvalue weighted by Gasteiger charge is 2.16. The van der Waals surface area contributed by atoms with Gasteiger partial charge in [0.15, 0.2) is 0 Å². The van der Waals surface area contributed by atoms with Crippen molar-refractivity contribution in [3.8, 4) is 5.75 Å². The standard InChI is InChI=1S/C23H26N2O2S/c1-16(2)21(22(24)28)15-17-7-9-19(10-8-17)27-14-13-25-12-11-18-5-3-4-6-20(18)23(25)26/h3-12,16,21H,13-15H2,1-2H3,(H2,24,28). The summed E-state index contributed by atoms with van der Waals surface area (Å²) in [5.41, 5.74) is 7.06. The first kappa shape index (κ1) is 20.1. The van der Waals surface area contributed by atoms with E-state index in [0.717, 1.165) is 22.9 Å². The first-order valence-corrected chi connectivity index (χ1v) is 9.96. The van der Waals surface area contributed by atoms with Crippen molar-refractivity contribution in [3.05, 3.63) is 76.7 Å². The van der Waals surface area contributed by atoms with Crippen molar-refractivity contribution in [1.29, 1.82) is 0 Å². The largest absolute Gasteiger partial charge is 0.492 e. The van der Waals surface area contributed by atoms with Crippen LogP contribution in [0.25, 0.3) is 10.8 Å². The molecule has 3 aromatic rings. The van der Waals surface area contributed by atoms with Crippen LogP contribution in [0.2, 0.25) is 0 Å². The van der Waals surface area contributed by atoms with E-state index in [1.54, 1.807) is 4.57 Å². The van der Waals surface area contributed by atoms with Crippen LogP contribution in [0.4, 0.5) is 0 Å². The lowest BCUT2D eigenvalue weighted by Crippen LogP contribution is -2.27. The van der Waals surface area contributed by atoms with Gasteiger partial charge in [-0.1, -0.05) is 56.4 Å². The van der Waals surface area contributed by atoms with Crippen LogP contribution in [0.15, 0.2) is 65.6 Å². The molecule has 1 atom stereocenters. The third-order valence-corrected chi connectivity index (χ3v) is 5.34. The van der Waals surface area contributed by atoms with E-state index in [4.69, 9.17) is 22.7 Å². The number of aromatic nitrogens is 1. The molecule has 5 heteroatoms. The summed E-state index contributed by atoms with van der Waals surface area (Å²) in [6.45, 7) is 5.20. The molecule has 1 heterocycles. The van der Waals surface area contributed by atoms with Gasteiger partial charge in [-0.3, -0.25) is 4.79 Å². The molecule has 0 aliphatic rings. The van der Waals surface area contributed by atoms with Crippen LogP contribution in [0.1, 0.15) is 19.4 Å². The molecule has 0 amide bonds. The number of hydrogen-bond donors (Lipinski definition) is 1. The van der Waals surface area contributed by atoms with Gasteiger partial charge >= 0.3 is 0 Å². The monoisotopic (exact) mass is 394 g/mol. The van der Waals surface area contributed by atoms with Crippen LogP contribution in [-0.4, -0.2) is 16.2 Å². The maximum absolute atomic E-state index is 12.5. The van der Waals surface area contributed by atoms with Gasteiger partial charge in [-0.2, -0.15) is 0 Å². The zero-order valence-electron chi connectivity index (χ0n) is 16.3. The van der Waals surface area contributed by atoms with Crippen molar-refractivity contribution in [2.24, 2.45) is 17.6 Å². The highest BCUT2D eigenvalue weighted by atomic mass is 32.1. The van der Waals surface area contributed by atoms with E-state index in [1.807, 2.05) is 60.8 Å². The fourth-order valence-electron chi connectivity index (χ4n) is 3.31. The Morgan fingerprint density at radius 3 is 2.50 bits per heavy atom. The summed E-state index contributed by atoms with van der Waals surface area (Å²) >= 11 is 5.19. The molecular weight excluding hydrogens is 368 g/mol. The maximum Gasteiger partial charge on any atom is 0.258 e. The first-order chi connectivity index (χ1) is 13.5. The van der Waals surface area contributed by atoms with Gasteiger partial charge in [0.25, 0.3) is 5.56 Å². The second kappa shape index (κ2) is 9.02. The van der Waals surface area contributed by atoms with Gasteiger partial charge in [-0.05, 0) is 47.6 Å². The normalized spacial score (nSPS) is 12.2. The number of benzene rings is 2. The number of nitrogens with two attached hydrogens (primary N) is 1. The van der Waals surface area contributed by atoms with Crippen LogP contribution >= 0.6 is 12.2 Å². The van der Waals surface area contributed by atoms with Crippen molar-refractivity contribution in [3.63, 3.8) is 0 Å². The molecule has 0 spiro atoms. The lowest BCUT2D eigenvalue weighted by atomic mass is 9.89. The van der Waals surface area contributed by atoms with E-state index in [9.17, 15) is 4.79 Å². The Morgan fingerprint density at radius 1 is 1.11 bits per heavy atom. The summed E-state index contributed by atoms with van der Waals surface area (Å²) in [5.74, 6) is 1.39. The summed E-state index contributed by atoms with van der Waals surface area (Å²) in [6.07, 6.45) is 2.65. The Bertz CT molecular complexity index is 1010. The van der Waals surface area contributed by atoms with Gasteiger partial charge in [-0.25, -0.2) is 0 Å². The SMILES string of the molecule is CC(C)C(Cc1ccc(OCCn2ccc3ccccc3c2=O)cc1)C(N)=S. The van der Waals surface area contributed by atoms with Gasteiger partial charge < -0.3 is 15.0 Å². The summed E-state index contributed by atoms with van der Waals surface area (Å²) in [4.78, 5) is 13.1. The van der Waals surface area contributed by atoms with Crippen LogP contribution < -0.4 is 16.0 Å². The summed E-state index contributed by atoms with van der Waals surface area (Å²) in [6, 6.07) is 17.6. The summed E-state index contributed by atoms with van der Waals surface area (Å²) < 4.78 is 7.51. The number of nitrogens with zero attached hydrogens (tertiary/aromatic N) is 1. The Labute approximate surface area is 170 Å². The number of rotatable bonds is 8. The van der Waals surface area contributed by atoms with Crippen LogP contribution in [0, 0.1) is 11.8 Å². The number of hydrogen-bond acceptors (Lipinski definition) is 3. The van der Waals surface area contributed by atoms with Crippen LogP contribution in [0.3, 0.4) is 0 Å². The molecule has 2 N–H and O–H groups in total. The molecule has 0 saturated heterocycles. The zero-order chi connectivity index (χ0) is 20.1. The van der Waals surface area contributed by atoms with E-state index in [2.05, 4.69) is 13.8 Å². The fourth-order valence-corrected chi connectivity index (χ4v) is 3.66. The molecule has 3 rings (SSSR count). The minimum absolute atomic E-state index is 0.00882. The number of ether oxygens (including phenoxy) is 1. The Morgan fingerprint density at radius 2 is 1.82 bits per heavy atom. The van der Waals surface area contributed by atoms with Crippen LogP contribution in [0.5, 0.6) is 5.75 Å². The van der Waals surface area contributed by atoms with Gasteiger partial charge in [-0.15, -0.1) is 0 Å². The highest BCUT2D eigenvalue weighted by molar-refractivity contribution is 7.80. The van der Waals surface area contributed by atoms with Crippen LogP contribution in [-0.2, 0) is 13.0 Å². The van der Waals surface area contributed by atoms with Gasteiger partial charge in [0.2, 0.25) is 0 Å². The highest BCUT2D eigenvalue weighted by Crippen LogP contribution is 2.20. The minimum Gasteiger partial charge on any atom is -0.492 e. The molecule has 2 aromatic carbocycles. The molecular formula is C23H26N2O2S. The molecule has 0 aliphatic carbocycles. The van der Waals surface area contributed by atoms with E-state index < -0.39 is 0 Å². The molecule has 1 aromatic heterocycles. The van der Waals surface area contributed by atoms with E-state index in [0.29, 0.717) is 24.1 Å². The lowest BCUT2D eigenvalue weighted by molar-refractivity contribution is 0.296. The van der Waals surface area contributed by atoms with Crippen molar-refractivity contribution in [1.82, 2.24) is 4.57 Å². The van der Waals surface area contributed by atoms with E-state index in [-0.39, 0.29) is 11.5 Å². The third-order valence-electron chi connectivity index (χ3n) is 5.04. The quantitative estimate of drug-likeness (QED) is 0.582. The third kappa shape index (κ3) is 4.78. The summed E-state index contributed by atoms with van der Waals surface area (Å²) in [5, 5.41) is 1.68. The average molecular weight is 395 g/mol. The Hall–Kier alpha value is -2.66. The van der Waals surface area contributed by atoms with Gasteiger partial charge in [0.1, 0.15) is 12.4 Å². The van der Waals surface area contributed by atoms with Gasteiger partial charge in [0, 0.05) is 17.5 Å². The average Bonchev–Trinajstić information content (AvgIpc) is 2.68. The predicted octanol–water partition coefficient (Wildman–Crippen LogP) is 4.18. The molecule has 0 bridgehead atoms.